The van der Waals surface area contributed by atoms with Crippen molar-refractivity contribution in [3.63, 3.8) is 0 Å². The molecule has 102 valence electrons. The minimum absolute atomic E-state index is 0.202. The quantitative estimate of drug-likeness (QED) is 0.757. The van der Waals surface area contributed by atoms with Gasteiger partial charge in [0.15, 0.2) is 5.11 Å². The van der Waals surface area contributed by atoms with Crippen molar-refractivity contribution in [2.45, 2.75) is 0 Å². The summed E-state index contributed by atoms with van der Waals surface area (Å²) in [5, 5.41) is 14.9. The highest BCUT2D eigenvalue weighted by atomic mass is 32.1. The van der Waals surface area contributed by atoms with E-state index in [1.54, 1.807) is 24.3 Å². The molecule has 0 saturated heterocycles. The molecule has 0 spiro atoms. The Morgan fingerprint density at radius 3 is 1.85 bits per heavy atom. The molecule has 0 heterocycles. The summed E-state index contributed by atoms with van der Waals surface area (Å²) >= 11 is 5.10. The first-order valence-electron chi connectivity index (χ1n) is 5.71. The van der Waals surface area contributed by atoms with Gasteiger partial charge in [-0.2, -0.15) is 0 Å². The monoisotopic (exact) mass is 290 g/mol. The predicted molar refractivity (Wildman–Crippen MR) is 79.6 cm³/mol. The molecule has 20 heavy (non-hydrogen) atoms. The smallest absolute Gasteiger partial charge is 0.335 e. The maximum atomic E-state index is 12.7. The van der Waals surface area contributed by atoms with Crippen LogP contribution in [0.5, 0.6) is 0 Å². The average Bonchev–Trinajstić information content (AvgIpc) is 2.42. The molecule has 2 aromatic rings. The van der Waals surface area contributed by atoms with Crippen LogP contribution in [0.2, 0.25) is 0 Å². The van der Waals surface area contributed by atoms with Crippen LogP contribution in [-0.2, 0) is 0 Å². The summed E-state index contributed by atoms with van der Waals surface area (Å²) in [6, 6.07) is 12.0. The van der Waals surface area contributed by atoms with E-state index >= 15 is 0 Å². The lowest BCUT2D eigenvalue weighted by Crippen LogP contribution is -2.19. The molecule has 0 radical (unpaired) electrons. The molecule has 0 fully saturated rings. The topological polar surface area (TPSA) is 61.4 Å². The lowest BCUT2D eigenvalue weighted by Gasteiger charge is -2.10. The molecule has 3 N–H and O–H groups in total. The van der Waals surface area contributed by atoms with E-state index in [4.69, 9.17) is 17.3 Å². The highest BCUT2D eigenvalue weighted by Crippen LogP contribution is 2.12. The van der Waals surface area contributed by atoms with Crippen LogP contribution in [0.25, 0.3) is 0 Å². The van der Waals surface area contributed by atoms with Gasteiger partial charge in [0.1, 0.15) is 5.82 Å². The predicted octanol–water partition coefficient (Wildman–Crippen LogP) is 3.33. The Hall–Kier alpha value is -2.47. The van der Waals surface area contributed by atoms with Gasteiger partial charge in [-0.3, -0.25) is 0 Å². The van der Waals surface area contributed by atoms with Gasteiger partial charge in [0.25, 0.3) is 0 Å². The van der Waals surface area contributed by atoms with Gasteiger partial charge in [-0.15, -0.1) is 0 Å². The number of carbonyl (C=O) groups is 1. The van der Waals surface area contributed by atoms with Crippen LogP contribution in [-0.4, -0.2) is 16.2 Å². The highest BCUT2D eigenvalue weighted by Gasteiger charge is 2.03. The number of carboxylic acid groups (broad SMARTS) is 1. The molecule has 0 amide bonds. The molecule has 0 unspecified atom stereocenters. The summed E-state index contributed by atoms with van der Waals surface area (Å²) in [5.41, 5.74) is 1.52. The van der Waals surface area contributed by atoms with Crippen molar-refractivity contribution in [3.05, 3.63) is 59.9 Å². The van der Waals surface area contributed by atoms with Gasteiger partial charge >= 0.3 is 5.97 Å². The fourth-order valence-electron chi connectivity index (χ4n) is 1.52. The minimum atomic E-state index is -0.983. The second-order valence-electron chi connectivity index (χ2n) is 3.97. The van der Waals surface area contributed by atoms with E-state index in [-0.39, 0.29) is 11.4 Å². The van der Waals surface area contributed by atoms with Crippen molar-refractivity contribution in [2.24, 2.45) is 0 Å². The van der Waals surface area contributed by atoms with Crippen LogP contribution in [0.15, 0.2) is 48.5 Å². The number of hydrogen-bond donors (Lipinski definition) is 3. The molecule has 0 saturated carbocycles. The Morgan fingerprint density at radius 1 is 0.950 bits per heavy atom. The van der Waals surface area contributed by atoms with Crippen LogP contribution >= 0.6 is 12.2 Å². The second-order valence-corrected chi connectivity index (χ2v) is 4.38. The van der Waals surface area contributed by atoms with Gasteiger partial charge in [0.05, 0.1) is 5.56 Å². The van der Waals surface area contributed by atoms with Gasteiger partial charge in [-0.05, 0) is 60.7 Å². The summed E-state index contributed by atoms with van der Waals surface area (Å²) in [6.07, 6.45) is 0. The zero-order chi connectivity index (χ0) is 14.5. The lowest BCUT2D eigenvalue weighted by atomic mass is 10.2. The third-order valence-corrected chi connectivity index (χ3v) is 2.70. The van der Waals surface area contributed by atoms with Crippen LogP contribution < -0.4 is 10.6 Å². The van der Waals surface area contributed by atoms with Crippen molar-refractivity contribution < 1.29 is 14.3 Å². The Bertz CT molecular complexity index is 627. The first-order chi connectivity index (χ1) is 9.54. The SMILES string of the molecule is O=C(O)c1ccc(NC(=S)Nc2ccc(F)cc2)cc1. The van der Waals surface area contributed by atoms with Crippen molar-refractivity contribution in [2.75, 3.05) is 10.6 Å². The average molecular weight is 290 g/mol. The molecule has 0 aliphatic carbocycles. The molecule has 0 aromatic heterocycles. The number of aromatic carboxylic acids is 1. The van der Waals surface area contributed by atoms with Gasteiger partial charge in [0, 0.05) is 11.4 Å². The standard InChI is InChI=1S/C14H11FN2O2S/c15-10-3-7-12(8-4-10)17-14(20)16-11-5-1-9(2-6-11)13(18)19/h1-8H,(H,18,19)(H2,16,17,20). The Labute approximate surface area is 120 Å². The summed E-state index contributed by atoms with van der Waals surface area (Å²) in [6.45, 7) is 0. The Kier molecular flexibility index (Phi) is 4.27. The van der Waals surface area contributed by atoms with Crippen LogP contribution in [0.4, 0.5) is 15.8 Å². The van der Waals surface area contributed by atoms with E-state index in [9.17, 15) is 9.18 Å². The van der Waals surface area contributed by atoms with E-state index in [1.807, 2.05) is 0 Å². The first-order valence-corrected chi connectivity index (χ1v) is 6.12. The molecule has 2 aromatic carbocycles. The third-order valence-electron chi connectivity index (χ3n) is 2.49. The van der Waals surface area contributed by atoms with Crippen LogP contribution in [0.1, 0.15) is 10.4 Å². The van der Waals surface area contributed by atoms with Gasteiger partial charge in [-0.25, -0.2) is 9.18 Å². The molecular formula is C14H11FN2O2S. The fourth-order valence-corrected chi connectivity index (χ4v) is 1.76. The number of halogens is 1. The van der Waals surface area contributed by atoms with Crippen molar-refractivity contribution in [1.82, 2.24) is 0 Å². The molecule has 4 nitrogen and oxygen atoms in total. The van der Waals surface area contributed by atoms with Gasteiger partial charge in [-0.1, -0.05) is 0 Å². The lowest BCUT2D eigenvalue weighted by molar-refractivity contribution is 0.0697. The number of carboxylic acids is 1. The molecule has 0 atom stereocenters. The number of nitrogens with one attached hydrogen (secondary N) is 2. The maximum absolute atomic E-state index is 12.7. The van der Waals surface area contributed by atoms with E-state index in [0.29, 0.717) is 16.5 Å². The first kappa shape index (κ1) is 14.0. The molecule has 6 heteroatoms. The summed E-state index contributed by atoms with van der Waals surface area (Å²) in [7, 11) is 0. The number of rotatable bonds is 3. The Balaban J connectivity index is 1.97. The van der Waals surface area contributed by atoms with Crippen LogP contribution in [0.3, 0.4) is 0 Å². The van der Waals surface area contributed by atoms with Crippen molar-refractivity contribution in [1.29, 1.82) is 0 Å². The number of anilines is 2. The molecular weight excluding hydrogens is 279 g/mol. The number of benzene rings is 2. The Morgan fingerprint density at radius 2 is 1.40 bits per heavy atom. The zero-order valence-electron chi connectivity index (χ0n) is 10.3. The largest absolute Gasteiger partial charge is 0.478 e. The van der Waals surface area contributed by atoms with E-state index in [1.165, 1.54) is 24.3 Å². The van der Waals surface area contributed by atoms with Gasteiger partial charge in [0.2, 0.25) is 0 Å². The van der Waals surface area contributed by atoms with E-state index in [0.717, 1.165) is 0 Å². The maximum Gasteiger partial charge on any atom is 0.335 e. The fraction of sp³-hybridized carbons (Fsp3) is 0. The van der Waals surface area contributed by atoms with Crippen LogP contribution in [0, 0.1) is 5.82 Å². The minimum Gasteiger partial charge on any atom is -0.478 e. The molecule has 2 rings (SSSR count). The van der Waals surface area contributed by atoms with E-state index < -0.39 is 5.97 Å². The van der Waals surface area contributed by atoms with Gasteiger partial charge < -0.3 is 15.7 Å². The molecule has 0 aliphatic rings. The summed E-state index contributed by atoms with van der Waals surface area (Å²) < 4.78 is 12.7. The zero-order valence-corrected chi connectivity index (χ0v) is 11.1. The molecule has 0 aliphatic heterocycles. The normalized spacial score (nSPS) is 9.85. The second kappa shape index (κ2) is 6.12. The van der Waals surface area contributed by atoms with Crippen molar-refractivity contribution in [3.8, 4) is 0 Å². The highest BCUT2D eigenvalue weighted by molar-refractivity contribution is 7.80. The number of hydrogen-bond acceptors (Lipinski definition) is 2. The van der Waals surface area contributed by atoms with E-state index in [2.05, 4.69) is 10.6 Å². The summed E-state index contributed by atoms with van der Waals surface area (Å²) in [4.78, 5) is 10.7. The third kappa shape index (κ3) is 3.76. The number of thiocarbonyl (C=S) groups is 1. The van der Waals surface area contributed by atoms with Crippen molar-refractivity contribution >= 4 is 34.7 Å². The summed E-state index contributed by atoms with van der Waals surface area (Å²) in [5.74, 6) is -1.30. The molecule has 0 bridgehead atoms.